The number of para-hydroxylation sites is 1. The molecule has 4 nitrogen and oxygen atoms in total. The molecule has 32 heavy (non-hydrogen) atoms. The first-order chi connectivity index (χ1) is 15.2. The Labute approximate surface area is 205 Å². The molecule has 164 valence electrons. The smallest absolute Gasteiger partial charge is 0.271 e. The number of anilines is 1. The summed E-state index contributed by atoms with van der Waals surface area (Å²) in [5, 5.41) is 4.25. The largest absolute Gasteiger partial charge is 1.00 e. The van der Waals surface area contributed by atoms with Crippen LogP contribution >= 0.6 is 34.4 Å². The number of hydrogen-bond donors (Lipinski definition) is 0. The molecule has 0 radical (unpaired) electrons. The van der Waals surface area contributed by atoms with Crippen LogP contribution in [0.3, 0.4) is 0 Å². The molecule has 0 N–H and O–H groups in total. The van der Waals surface area contributed by atoms with E-state index in [1.54, 1.807) is 34.4 Å². The Hall–Kier alpha value is -2.32. The third-order valence-electron chi connectivity index (χ3n) is 5.32. The van der Waals surface area contributed by atoms with Gasteiger partial charge in [-0.1, -0.05) is 65.6 Å². The first-order valence-electron chi connectivity index (χ1n) is 10.1. The second kappa shape index (κ2) is 9.67. The van der Waals surface area contributed by atoms with Crippen molar-refractivity contribution in [2.75, 3.05) is 11.9 Å². The molecule has 2 aromatic heterocycles. The number of rotatable bonds is 4. The molecule has 0 saturated heterocycles. The van der Waals surface area contributed by atoms with Gasteiger partial charge in [-0.05, 0) is 19.1 Å². The summed E-state index contributed by atoms with van der Waals surface area (Å²) < 4.78 is 5.92. The lowest BCUT2D eigenvalue weighted by Crippen LogP contribution is -3.00. The van der Waals surface area contributed by atoms with Crippen molar-refractivity contribution >= 4 is 51.2 Å². The van der Waals surface area contributed by atoms with Crippen molar-refractivity contribution in [3.8, 4) is 0 Å². The molecule has 3 heterocycles. The Balaban J connectivity index is 0.00000245. The SMILES string of the molecule is CCn1c(=O)/c(=C2\Sc3ccccc3N2C)s/c1=C\c1scc[n+]1Cc1ccccc1.[Cl-]. The van der Waals surface area contributed by atoms with E-state index in [-0.39, 0.29) is 18.0 Å². The van der Waals surface area contributed by atoms with Crippen LogP contribution in [-0.4, -0.2) is 11.6 Å². The summed E-state index contributed by atoms with van der Waals surface area (Å²) in [6, 6.07) is 18.8. The first kappa shape index (κ1) is 22.9. The van der Waals surface area contributed by atoms with Crippen molar-refractivity contribution in [2.24, 2.45) is 0 Å². The quantitative estimate of drug-likeness (QED) is 0.382. The summed E-state index contributed by atoms with van der Waals surface area (Å²) in [5.41, 5.74) is 2.51. The number of halogens is 1. The maximum Gasteiger partial charge on any atom is 0.271 e. The number of nitrogens with zero attached hydrogens (tertiary/aromatic N) is 3. The second-order valence-electron chi connectivity index (χ2n) is 7.25. The predicted molar refractivity (Wildman–Crippen MR) is 131 cm³/mol. The molecule has 5 rings (SSSR count). The van der Waals surface area contributed by atoms with E-state index in [4.69, 9.17) is 0 Å². The topological polar surface area (TPSA) is 29.1 Å². The molecule has 0 saturated carbocycles. The van der Waals surface area contributed by atoms with Gasteiger partial charge in [0.2, 0.25) is 0 Å². The number of thioether (sulfide) groups is 1. The molecule has 1 aliphatic rings. The second-order valence-corrected chi connectivity index (χ2v) is 10.2. The average molecular weight is 500 g/mol. The van der Waals surface area contributed by atoms with Crippen molar-refractivity contribution in [1.29, 1.82) is 0 Å². The van der Waals surface area contributed by atoms with Crippen LogP contribution < -0.4 is 36.6 Å². The number of benzene rings is 2. The third-order valence-corrected chi connectivity index (χ3v) is 8.65. The van der Waals surface area contributed by atoms with E-state index in [0.717, 1.165) is 31.5 Å². The number of fused-ring (bicyclic) bond motifs is 1. The van der Waals surface area contributed by atoms with Crippen LogP contribution in [-0.2, 0) is 13.1 Å². The molecular formula is C24H22ClN3OS3. The first-order valence-corrected chi connectivity index (χ1v) is 12.6. The van der Waals surface area contributed by atoms with Gasteiger partial charge in [0.15, 0.2) is 12.7 Å². The molecule has 2 aromatic carbocycles. The summed E-state index contributed by atoms with van der Waals surface area (Å²) in [6.07, 6.45) is 4.26. The molecule has 0 fully saturated rings. The van der Waals surface area contributed by atoms with Gasteiger partial charge in [-0.25, -0.2) is 0 Å². The Bertz CT molecular complexity index is 1420. The Morgan fingerprint density at radius 1 is 1.06 bits per heavy atom. The minimum atomic E-state index is 0. The van der Waals surface area contributed by atoms with Crippen LogP contribution in [0.5, 0.6) is 0 Å². The Morgan fingerprint density at radius 2 is 1.81 bits per heavy atom. The summed E-state index contributed by atoms with van der Waals surface area (Å²) in [4.78, 5) is 16.6. The van der Waals surface area contributed by atoms with Gasteiger partial charge in [-0.15, -0.1) is 11.3 Å². The van der Waals surface area contributed by atoms with Crippen molar-refractivity contribution in [2.45, 2.75) is 24.9 Å². The fourth-order valence-corrected chi connectivity index (χ4v) is 7.03. The van der Waals surface area contributed by atoms with Gasteiger partial charge in [0.05, 0.1) is 17.1 Å². The van der Waals surface area contributed by atoms with Gasteiger partial charge >= 0.3 is 0 Å². The van der Waals surface area contributed by atoms with Gasteiger partial charge in [0.25, 0.3) is 10.6 Å². The van der Waals surface area contributed by atoms with Gasteiger partial charge in [0.1, 0.15) is 14.2 Å². The molecule has 4 aromatic rings. The molecular weight excluding hydrogens is 478 g/mol. The number of aromatic nitrogens is 2. The van der Waals surface area contributed by atoms with Gasteiger partial charge < -0.3 is 17.3 Å². The maximum atomic E-state index is 13.3. The van der Waals surface area contributed by atoms with E-state index in [9.17, 15) is 4.79 Å². The minimum Gasteiger partial charge on any atom is -1.00 e. The van der Waals surface area contributed by atoms with E-state index in [1.807, 2.05) is 36.7 Å². The molecule has 1 aliphatic heterocycles. The van der Waals surface area contributed by atoms with Crippen molar-refractivity contribution in [3.63, 3.8) is 0 Å². The van der Waals surface area contributed by atoms with Crippen LogP contribution in [0.25, 0.3) is 11.1 Å². The fraction of sp³-hybridized carbons (Fsp3) is 0.167. The Kier molecular flexibility index (Phi) is 6.90. The summed E-state index contributed by atoms with van der Waals surface area (Å²) in [6.45, 7) is 3.50. The lowest BCUT2D eigenvalue weighted by molar-refractivity contribution is -0.685. The van der Waals surface area contributed by atoms with Crippen molar-refractivity contribution in [1.82, 2.24) is 4.57 Å². The van der Waals surface area contributed by atoms with E-state index in [2.05, 4.69) is 63.5 Å². The lowest BCUT2D eigenvalue weighted by atomic mass is 10.2. The monoisotopic (exact) mass is 499 g/mol. The molecule has 0 amide bonds. The zero-order valence-corrected chi connectivity index (χ0v) is 20.9. The molecule has 0 unspecified atom stereocenters. The zero-order chi connectivity index (χ0) is 21.4. The highest BCUT2D eigenvalue weighted by Gasteiger charge is 2.24. The highest BCUT2D eigenvalue weighted by atomic mass is 35.5. The maximum absolute atomic E-state index is 13.3. The highest BCUT2D eigenvalue weighted by Crippen LogP contribution is 2.44. The molecule has 8 heteroatoms. The lowest BCUT2D eigenvalue weighted by Gasteiger charge is -2.11. The highest BCUT2D eigenvalue weighted by molar-refractivity contribution is 8.08. The predicted octanol–water partition coefficient (Wildman–Crippen LogP) is 0.468. The van der Waals surface area contributed by atoms with Crippen LogP contribution in [0.1, 0.15) is 17.5 Å². The number of thiazole rings is 2. The Morgan fingerprint density at radius 3 is 2.56 bits per heavy atom. The standard InChI is InChI=1S/C24H22N3OS3.ClH/c1-3-27-21(15-20-26(13-14-29-20)16-17-9-5-4-6-10-17)31-22(23(27)28)24-25(2)18-11-7-8-12-19(18)30-24;/h4-15H,3,16H2,1-2H3;1H/q+1;/p-1/b24-22+;. The molecule has 0 atom stereocenters. The zero-order valence-electron chi connectivity index (χ0n) is 17.7. The number of hydrogen-bond acceptors (Lipinski definition) is 5. The van der Waals surface area contributed by atoms with E-state index in [0.29, 0.717) is 6.54 Å². The van der Waals surface area contributed by atoms with E-state index in [1.165, 1.54) is 10.5 Å². The summed E-state index contributed by atoms with van der Waals surface area (Å²) >= 11 is 4.96. The van der Waals surface area contributed by atoms with Crippen LogP contribution in [0.2, 0.25) is 0 Å². The molecule has 0 spiro atoms. The van der Waals surface area contributed by atoms with Gasteiger partial charge in [0, 0.05) is 24.1 Å². The van der Waals surface area contributed by atoms with Gasteiger partial charge in [-0.2, -0.15) is 4.57 Å². The van der Waals surface area contributed by atoms with Crippen molar-refractivity contribution in [3.05, 3.63) is 96.3 Å². The average Bonchev–Trinajstić information content (AvgIpc) is 3.45. The van der Waals surface area contributed by atoms with E-state index < -0.39 is 0 Å². The summed E-state index contributed by atoms with van der Waals surface area (Å²) in [5.74, 6) is 0. The third kappa shape index (κ3) is 4.18. The normalized spacial score (nSPS) is 15.1. The van der Waals surface area contributed by atoms with Crippen LogP contribution in [0.15, 0.2) is 75.9 Å². The van der Waals surface area contributed by atoms with Crippen molar-refractivity contribution < 1.29 is 17.0 Å². The molecule has 0 aliphatic carbocycles. The van der Waals surface area contributed by atoms with E-state index >= 15 is 0 Å². The summed E-state index contributed by atoms with van der Waals surface area (Å²) in [7, 11) is 2.04. The van der Waals surface area contributed by atoms with Crippen LogP contribution in [0, 0.1) is 0 Å². The van der Waals surface area contributed by atoms with Gasteiger partial charge in [-0.3, -0.25) is 9.36 Å². The van der Waals surface area contributed by atoms with Crippen LogP contribution in [0.4, 0.5) is 5.69 Å². The minimum absolute atomic E-state index is 0. The molecule has 0 bridgehead atoms. The fourth-order valence-electron chi connectivity index (χ4n) is 3.72.